The van der Waals surface area contributed by atoms with Crippen LogP contribution >= 0.6 is 0 Å². The molecule has 128 valence electrons. The summed E-state index contributed by atoms with van der Waals surface area (Å²) in [4.78, 5) is 16.4. The normalized spacial score (nSPS) is 14.1. The molecule has 1 heterocycles. The van der Waals surface area contributed by atoms with Crippen molar-refractivity contribution in [3.63, 3.8) is 0 Å². The molecule has 0 aliphatic carbocycles. The van der Waals surface area contributed by atoms with E-state index in [1.54, 1.807) is 6.07 Å². The van der Waals surface area contributed by atoms with Gasteiger partial charge in [0, 0.05) is 31.9 Å². The fourth-order valence-electron chi connectivity index (χ4n) is 2.86. The summed E-state index contributed by atoms with van der Waals surface area (Å²) in [5.41, 5.74) is 2.85. The number of benzene rings is 2. The van der Waals surface area contributed by atoms with Crippen LogP contribution in [0.3, 0.4) is 0 Å². The predicted molar refractivity (Wildman–Crippen MR) is 96.6 cm³/mol. The number of aryl methyl sites for hydroxylation is 1. The Labute approximate surface area is 148 Å². The number of nitrogens with zero attached hydrogens (tertiary/aromatic N) is 3. The molecule has 0 N–H and O–H groups in total. The number of hydrogen-bond donors (Lipinski definition) is 0. The standard InChI is InChI=1S/C20H21N3O2/c1-16-5-7-19(8-6-16)25-15-20(24)23-11-9-22(10-12-23)18-4-2-3-17(13-18)14-21/h2-8,13H,9-12,15H2,1H3. The summed E-state index contributed by atoms with van der Waals surface area (Å²) in [6.45, 7) is 4.91. The Hall–Kier alpha value is -3.00. The van der Waals surface area contributed by atoms with Gasteiger partial charge in [0.15, 0.2) is 6.61 Å². The Morgan fingerprint density at radius 3 is 2.52 bits per heavy atom. The van der Waals surface area contributed by atoms with Crippen LogP contribution in [0.25, 0.3) is 0 Å². The highest BCUT2D eigenvalue weighted by Crippen LogP contribution is 2.18. The molecular weight excluding hydrogens is 314 g/mol. The SMILES string of the molecule is Cc1ccc(OCC(=O)N2CCN(c3cccc(C#N)c3)CC2)cc1. The van der Waals surface area contributed by atoms with Gasteiger partial charge in [-0.2, -0.15) is 5.26 Å². The topological polar surface area (TPSA) is 56.6 Å². The van der Waals surface area contributed by atoms with E-state index in [9.17, 15) is 4.79 Å². The number of carbonyl (C=O) groups is 1. The molecule has 1 aliphatic rings. The van der Waals surface area contributed by atoms with Gasteiger partial charge in [-0.15, -0.1) is 0 Å². The van der Waals surface area contributed by atoms with Gasteiger partial charge in [-0.25, -0.2) is 0 Å². The number of anilines is 1. The second-order valence-electron chi connectivity index (χ2n) is 6.13. The van der Waals surface area contributed by atoms with E-state index in [0.29, 0.717) is 24.4 Å². The maximum atomic E-state index is 12.3. The third-order valence-electron chi connectivity index (χ3n) is 4.36. The van der Waals surface area contributed by atoms with Gasteiger partial charge in [0.25, 0.3) is 5.91 Å². The van der Waals surface area contributed by atoms with Crippen molar-refractivity contribution in [1.29, 1.82) is 5.26 Å². The number of nitriles is 1. The van der Waals surface area contributed by atoms with Crippen molar-refractivity contribution >= 4 is 11.6 Å². The van der Waals surface area contributed by atoms with Crippen LogP contribution in [0.15, 0.2) is 48.5 Å². The highest BCUT2D eigenvalue weighted by atomic mass is 16.5. The van der Waals surface area contributed by atoms with E-state index in [4.69, 9.17) is 10.00 Å². The number of amides is 1. The van der Waals surface area contributed by atoms with E-state index in [1.807, 2.05) is 54.3 Å². The first kappa shape index (κ1) is 16.8. The minimum atomic E-state index is 0.00556. The smallest absolute Gasteiger partial charge is 0.260 e. The molecule has 2 aromatic rings. The minimum absolute atomic E-state index is 0.00556. The monoisotopic (exact) mass is 335 g/mol. The predicted octanol–water partition coefficient (Wildman–Crippen LogP) is 2.59. The van der Waals surface area contributed by atoms with Crippen LogP contribution in [0, 0.1) is 18.3 Å². The molecule has 1 amide bonds. The summed E-state index contributed by atoms with van der Waals surface area (Å²) < 4.78 is 5.58. The average molecular weight is 335 g/mol. The third kappa shape index (κ3) is 4.30. The summed E-state index contributed by atoms with van der Waals surface area (Å²) in [5.74, 6) is 0.719. The lowest BCUT2D eigenvalue weighted by Crippen LogP contribution is -2.50. The molecule has 3 rings (SSSR count). The molecule has 1 aliphatic heterocycles. The maximum Gasteiger partial charge on any atom is 0.260 e. The highest BCUT2D eigenvalue weighted by molar-refractivity contribution is 5.78. The molecule has 1 fully saturated rings. The van der Waals surface area contributed by atoms with Gasteiger partial charge in [0.05, 0.1) is 11.6 Å². The Balaban J connectivity index is 1.50. The first-order valence-electron chi connectivity index (χ1n) is 8.38. The van der Waals surface area contributed by atoms with Crippen LogP contribution < -0.4 is 9.64 Å². The zero-order valence-electron chi connectivity index (χ0n) is 14.3. The summed E-state index contributed by atoms with van der Waals surface area (Å²) in [6.07, 6.45) is 0. The van der Waals surface area contributed by atoms with Crippen molar-refractivity contribution in [2.24, 2.45) is 0 Å². The van der Waals surface area contributed by atoms with Crippen LogP contribution in [0.5, 0.6) is 5.75 Å². The molecule has 1 saturated heterocycles. The van der Waals surface area contributed by atoms with Crippen LogP contribution in [0.4, 0.5) is 5.69 Å². The quantitative estimate of drug-likeness (QED) is 0.862. The molecular formula is C20H21N3O2. The molecule has 0 spiro atoms. The van der Waals surface area contributed by atoms with Gasteiger partial charge in [-0.3, -0.25) is 4.79 Å². The maximum absolute atomic E-state index is 12.3. The zero-order valence-corrected chi connectivity index (χ0v) is 14.3. The van der Waals surface area contributed by atoms with Crippen molar-refractivity contribution in [2.75, 3.05) is 37.7 Å². The Kier molecular flexibility index (Phi) is 5.20. The zero-order chi connectivity index (χ0) is 17.6. The Morgan fingerprint density at radius 1 is 1.12 bits per heavy atom. The van der Waals surface area contributed by atoms with E-state index < -0.39 is 0 Å². The first-order chi connectivity index (χ1) is 12.2. The van der Waals surface area contributed by atoms with E-state index in [-0.39, 0.29) is 12.5 Å². The lowest BCUT2D eigenvalue weighted by molar-refractivity contribution is -0.133. The third-order valence-corrected chi connectivity index (χ3v) is 4.36. The lowest BCUT2D eigenvalue weighted by Gasteiger charge is -2.36. The van der Waals surface area contributed by atoms with Crippen molar-refractivity contribution < 1.29 is 9.53 Å². The van der Waals surface area contributed by atoms with Crippen molar-refractivity contribution in [3.05, 3.63) is 59.7 Å². The summed E-state index contributed by atoms with van der Waals surface area (Å²) >= 11 is 0. The summed E-state index contributed by atoms with van der Waals surface area (Å²) in [6, 6.07) is 17.4. The van der Waals surface area contributed by atoms with Crippen molar-refractivity contribution in [1.82, 2.24) is 4.90 Å². The van der Waals surface area contributed by atoms with Crippen molar-refractivity contribution in [2.45, 2.75) is 6.92 Å². The van der Waals surface area contributed by atoms with Crippen LogP contribution in [0.2, 0.25) is 0 Å². The molecule has 5 nitrogen and oxygen atoms in total. The second-order valence-corrected chi connectivity index (χ2v) is 6.13. The van der Waals surface area contributed by atoms with Gasteiger partial charge in [-0.1, -0.05) is 23.8 Å². The molecule has 0 aromatic heterocycles. The Bertz CT molecular complexity index is 772. The van der Waals surface area contributed by atoms with E-state index in [2.05, 4.69) is 11.0 Å². The van der Waals surface area contributed by atoms with E-state index >= 15 is 0 Å². The lowest BCUT2D eigenvalue weighted by atomic mass is 10.2. The van der Waals surface area contributed by atoms with Crippen molar-refractivity contribution in [3.8, 4) is 11.8 Å². The van der Waals surface area contributed by atoms with Gasteiger partial charge in [-0.05, 0) is 37.3 Å². The average Bonchev–Trinajstić information content (AvgIpc) is 2.67. The molecule has 0 atom stereocenters. The molecule has 25 heavy (non-hydrogen) atoms. The Morgan fingerprint density at radius 2 is 1.84 bits per heavy atom. The van der Waals surface area contributed by atoms with Crippen LogP contribution in [-0.4, -0.2) is 43.6 Å². The number of rotatable bonds is 4. The number of hydrogen-bond acceptors (Lipinski definition) is 4. The van der Waals surface area contributed by atoms with E-state index in [1.165, 1.54) is 0 Å². The largest absolute Gasteiger partial charge is 0.484 e. The fraction of sp³-hybridized carbons (Fsp3) is 0.300. The highest BCUT2D eigenvalue weighted by Gasteiger charge is 2.21. The molecule has 0 radical (unpaired) electrons. The van der Waals surface area contributed by atoms with Gasteiger partial charge < -0.3 is 14.5 Å². The first-order valence-corrected chi connectivity index (χ1v) is 8.38. The van der Waals surface area contributed by atoms with E-state index in [0.717, 1.165) is 24.3 Å². The molecule has 0 unspecified atom stereocenters. The molecule has 5 heteroatoms. The fourth-order valence-corrected chi connectivity index (χ4v) is 2.86. The number of carbonyl (C=O) groups excluding carboxylic acids is 1. The summed E-state index contributed by atoms with van der Waals surface area (Å²) in [7, 11) is 0. The van der Waals surface area contributed by atoms with Gasteiger partial charge in [0.2, 0.25) is 0 Å². The van der Waals surface area contributed by atoms with Crippen LogP contribution in [-0.2, 0) is 4.79 Å². The molecule has 0 bridgehead atoms. The van der Waals surface area contributed by atoms with Gasteiger partial charge in [0.1, 0.15) is 5.75 Å². The van der Waals surface area contributed by atoms with Crippen LogP contribution in [0.1, 0.15) is 11.1 Å². The summed E-state index contributed by atoms with van der Waals surface area (Å²) in [5, 5.41) is 9.01. The molecule has 0 saturated carbocycles. The number of piperazine rings is 1. The minimum Gasteiger partial charge on any atom is -0.484 e. The second kappa shape index (κ2) is 7.71. The van der Waals surface area contributed by atoms with Gasteiger partial charge >= 0.3 is 0 Å². The molecule has 2 aromatic carbocycles. The number of ether oxygens (including phenoxy) is 1.